The predicted molar refractivity (Wildman–Crippen MR) is 71.9 cm³/mol. The average molecular weight is 219 g/mol. The van der Waals surface area contributed by atoms with Crippen molar-refractivity contribution in [2.75, 3.05) is 20.6 Å². The van der Waals surface area contributed by atoms with Gasteiger partial charge in [0.15, 0.2) is 0 Å². The van der Waals surface area contributed by atoms with E-state index < -0.39 is 0 Å². The van der Waals surface area contributed by atoms with Crippen molar-refractivity contribution in [1.82, 2.24) is 4.90 Å². The summed E-state index contributed by atoms with van der Waals surface area (Å²) in [5.41, 5.74) is 1.52. The highest BCUT2D eigenvalue weighted by Gasteiger charge is 2.09. The molecule has 0 aromatic heterocycles. The first kappa shape index (κ1) is 13.2. The zero-order chi connectivity index (χ0) is 11.8. The van der Waals surface area contributed by atoms with E-state index in [9.17, 15) is 0 Å². The minimum atomic E-state index is 0.756. The number of hydrogen-bond acceptors (Lipinski definition) is 1. The number of rotatable bonds is 7. The minimum absolute atomic E-state index is 0.756. The molecule has 0 N–H and O–H groups in total. The van der Waals surface area contributed by atoms with Crippen molar-refractivity contribution in [3.8, 4) is 0 Å². The summed E-state index contributed by atoms with van der Waals surface area (Å²) in [6.07, 6.45) is 5.21. The van der Waals surface area contributed by atoms with E-state index in [1.54, 1.807) is 0 Å². The normalized spacial score (nSPS) is 13.0. The predicted octanol–water partition coefficient (Wildman–Crippen LogP) is 3.91. The maximum absolute atomic E-state index is 2.28. The molecule has 0 saturated heterocycles. The first-order valence-electron chi connectivity index (χ1n) is 6.43. The van der Waals surface area contributed by atoms with Crippen LogP contribution < -0.4 is 0 Å². The molecule has 1 heteroatoms. The van der Waals surface area contributed by atoms with E-state index in [0.717, 1.165) is 5.92 Å². The number of nitrogens with zero attached hydrogens (tertiary/aromatic N) is 1. The van der Waals surface area contributed by atoms with Crippen molar-refractivity contribution >= 4 is 0 Å². The lowest BCUT2D eigenvalue weighted by molar-refractivity contribution is 0.381. The Kier molecular flexibility index (Phi) is 6.17. The standard InChI is InChI=1S/C15H25N/c1-4-9-14(12-8-13-16(2)3)15-10-6-5-7-11-15/h5-7,10-11,14H,4,8-9,12-13H2,1-3H3. The third-order valence-corrected chi connectivity index (χ3v) is 3.07. The van der Waals surface area contributed by atoms with Gasteiger partial charge in [-0.3, -0.25) is 0 Å². The molecule has 90 valence electrons. The first-order valence-corrected chi connectivity index (χ1v) is 6.43. The molecule has 0 saturated carbocycles. The summed E-state index contributed by atoms with van der Waals surface area (Å²) < 4.78 is 0. The second kappa shape index (κ2) is 7.45. The highest BCUT2D eigenvalue weighted by molar-refractivity contribution is 5.19. The second-order valence-electron chi connectivity index (χ2n) is 4.84. The van der Waals surface area contributed by atoms with Crippen molar-refractivity contribution in [3.05, 3.63) is 35.9 Å². The van der Waals surface area contributed by atoms with Crippen LogP contribution in [0.25, 0.3) is 0 Å². The largest absolute Gasteiger partial charge is 0.309 e. The maximum atomic E-state index is 2.28. The van der Waals surface area contributed by atoms with E-state index in [1.807, 2.05) is 0 Å². The lowest BCUT2D eigenvalue weighted by Gasteiger charge is -2.18. The fourth-order valence-corrected chi connectivity index (χ4v) is 2.21. The molecular weight excluding hydrogens is 194 g/mol. The van der Waals surface area contributed by atoms with Gasteiger partial charge in [-0.05, 0) is 51.4 Å². The van der Waals surface area contributed by atoms with Gasteiger partial charge in [-0.15, -0.1) is 0 Å². The highest BCUT2D eigenvalue weighted by atomic mass is 15.0. The second-order valence-corrected chi connectivity index (χ2v) is 4.84. The molecular formula is C15H25N. The molecule has 1 unspecified atom stereocenters. The molecule has 1 atom stereocenters. The van der Waals surface area contributed by atoms with Gasteiger partial charge in [0.25, 0.3) is 0 Å². The summed E-state index contributed by atoms with van der Waals surface area (Å²) in [5, 5.41) is 0. The molecule has 1 aromatic rings. The number of benzene rings is 1. The molecule has 0 spiro atoms. The average Bonchev–Trinajstić information content (AvgIpc) is 2.29. The van der Waals surface area contributed by atoms with Crippen LogP contribution in [0.2, 0.25) is 0 Å². The van der Waals surface area contributed by atoms with Crippen LogP contribution in [0.4, 0.5) is 0 Å². The van der Waals surface area contributed by atoms with E-state index >= 15 is 0 Å². The Bertz CT molecular complexity index is 266. The first-order chi connectivity index (χ1) is 7.74. The van der Waals surface area contributed by atoms with Gasteiger partial charge in [-0.1, -0.05) is 43.7 Å². The van der Waals surface area contributed by atoms with Crippen molar-refractivity contribution in [2.24, 2.45) is 0 Å². The molecule has 0 heterocycles. The Hall–Kier alpha value is -0.820. The molecule has 0 aliphatic heterocycles. The van der Waals surface area contributed by atoms with Crippen LogP contribution in [0, 0.1) is 0 Å². The van der Waals surface area contributed by atoms with Gasteiger partial charge in [-0.25, -0.2) is 0 Å². The van der Waals surface area contributed by atoms with E-state index in [0.29, 0.717) is 0 Å². The summed E-state index contributed by atoms with van der Waals surface area (Å²) in [6, 6.07) is 11.0. The Balaban J connectivity index is 2.48. The summed E-state index contributed by atoms with van der Waals surface area (Å²) in [5.74, 6) is 0.756. The van der Waals surface area contributed by atoms with Crippen LogP contribution in [0.1, 0.15) is 44.1 Å². The Labute approximate surface area is 100 Å². The molecule has 0 radical (unpaired) electrons. The van der Waals surface area contributed by atoms with Gasteiger partial charge in [-0.2, -0.15) is 0 Å². The minimum Gasteiger partial charge on any atom is -0.309 e. The highest BCUT2D eigenvalue weighted by Crippen LogP contribution is 2.25. The molecule has 1 nitrogen and oxygen atoms in total. The van der Waals surface area contributed by atoms with E-state index in [4.69, 9.17) is 0 Å². The fourth-order valence-electron chi connectivity index (χ4n) is 2.21. The van der Waals surface area contributed by atoms with Crippen LogP contribution >= 0.6 is 0 Å². The van der Waals surface area contributed by atoms with E-state index in [1.165, 1.54) is 37.8 Å². The summed E-state index contributed by atoms with van der Waals surface area (Å²) in [6.45, 7) is 3.48. The molecule has 0 fully saturated rings. The van der Waals surface area contributed by atoms with E-state index in [-0.39, 0.29) is 0 Å². The Morgan fingerprint density at radius 1 is 1.06 bits per heavy atom. The third-order valence-electron chi connectivity index (χ3n) is 3.07. The smallest absolute Gasteiger partial charge is 0.00246 e. The number of hydrogen-bond donors (Lipinski definition) is 0. The van der Waals surface area contributed by atoms with Crippen molar-refractivity contribution in [2.45, 2.75) is 38.5 Å². The summed E-state index contributed by atoms with van der Waals surface area (Å²) in [7, 11) is 4.30. The van der Waals surface area contributed by atoms with Gasteiger partial charge in [0.05, 0.1) is 0 Å². The molecule has 16 heavy (non-hydrogen) atoms. The topological polar surface area (TPSA) is 3.24 Å². The van der Waals surface area contributed by atoms with Crippen molar-refractivity contribution in [3.63, 3.8) is 0 Å². The summed E-state index contributed by atoms with van der Waals surface area (Å²) >= 11 is 0. The lowest BCUT2D eigenvalue weighted by Crippen LogP contribution is -2.14. The third kappa shape index (κ3) is 4.80. The van der Waals surface area contributed by atoms with Crippen LogP contribution in [0.5, 0.6) is 0 Å². The zero-order valence-electron chi connectivity index (χ0n) is 10.9. The molecule has 0 amide bonds. The molecule has 0 aliphatic carbocycles. The van der Waals surface area contributed by atoms with Gasteiger partial charge < -0.3 is 4.90 Å². The lowest BCUT2D eigenvalue weighted by atomic mass is 9.90. The SMILES string of the molecule is CCCC(CCCN(C)C)c1ccccc1. The monoisotopic (exact) mass is 219 g/mol. The maximum Gasteiger partial charge on any atom is -0.00246 e. The van der Waals surface area contributed by atoms with Gasteiger partial charge in [0, 0.05) is 0 Å². The van der Waals surface area contributed by atoms with Crippen LogP contribution in [0.3, 0.4) is 0 Å². The van der Waals surface area contributed by atoms with Crippen molar-refractivity contribution < 1.29 is 0 Å². The molecule has 0 bridgehead atoms. The van der Waals surface area contributed by atoms with Gasteiger partial charge in [0.2, 0.25) is 0 Å². The van der Waals surface area contributed by atoms with Crippen LogP contribution in [0.15, 0.2) is 30.3 Å². The molecule has 1 rings (SSSR count). The molecule has 1 aromatic carbocycles. The summed E-state index contributed by atoms with van der Waals surface area (Å²) in [4.78, 5) is 2.27. The van der Waals surface area contributed by atoms with E-state index in [2.05, 4.69) is 56.3 Å². The molecule has 0 aliphatic rings. The quantitative estimate of drug-likeness (QED) is 0.672. The fraction of sp³-hybridized carbons (Fsp3) is 0.600. The zero-order valence-corrected chi connectivity index (χ0v) is 10.9. The van der Waals surface area contributed by atoms with Crippen LogP contribution in [-0.4, -0.2) is 25.5 Å². The van der Waals surface area contributed by atoms with Crippen molar-refractivity contribution in [1.29, 1.82) is 0 Å². The Morgan fingerprint density at radius 2 is 1.75 bits per heavy atom. The van der Waals surface area contributed by atoms with Crippen LogP contribution in [-0.2, 0) is 0 Å². The van der Waals surface area contributed by atoms with Gasteiger partial charge >= 0.3 is 0 Å². The van der Waals surface area contributed by atoms with Gasteiger partial charge in [0.1, 0.15) is 0 Å². The Morgan fingerprint density at radius 3 is 2.31 bits per heavy atom.